The molecule has 0 radical (unpaired) electrons. The third kappa shape index (κ3) is 1.77. The number of rotatable bonds is 2. The molecule has 4 heteroatoms. The smallest absolute Gasteiger partial charge is 0.127 e. The lowest BCUT2D eigenvalue weighted by atomic mass is 9.52. The second-order valence-corrected chi connectivity index (χ2v) is 12.0. The lowest BCUT2D eigenvalue weighted by Gasteiger charge is -2.52. The zero-order chi connectivity index (χ0) is 22.6. The van der Waals surface area contributed by atoms with E-state index in [1.54, 1.807) is 0 Å². The van der Waals surface area contributed by atoms with Crippen LogP contribution in [0.25, 0.3) is 0 Å². The molecule has 4 nitrogen and oxygen atoms in total. The number of hydrogen-bond acceptors (Lipinski definition) is 4. The maximum absolute atomic E-state index is 11.1. The molecule has 174 valence electrons. The van der Waals surface area contributed by atoms with Gasteiger partial charge in [0.15, 0.2) is 0 Å². The lowest BCUT2D eigenvalue weighted by Crippen LogP contribution is -2.41. The van der Waals surface area contributed by atoms with Crippen LogP contribution in [0, 0.1) is 47.3 Å². The van der Waals surface area contributed by atoms with Crippen molar-refractivity contribution in [1.82, 2.24) is 0 Å². The summed E-state index contributed by atoms with van der Waals surface area (Å²) in [5.41, 5.74) is 5.27. The van der Waals surface area contributed by atoms with Crippen LogP contribution in [-0.2, 0) is 0 Å². The minimum atomic E-state index is -0.263. The van der Waals surface area contributed by atoms with Gasteiger partial charge in [0.05, 0.1) is 26.4 Å². The topological polar surface area (TPSA) is 58.9 Å². The molecule has 10 aliphatic rings. The molecule has 1 aromatic carbocycles. The average molecular weight is 455 g/mol. The molecule has 34 heavy (non-hydrogen) atoms. The molecule has 1 aromatic rings. The second-order valence-electron chi connectivity index (χ2n) is 12.0. The van der Waals surface area contributed by atoms with Crippen molar-refractivity contribution in [1.29, 1.82) is 0 Å². The zero-order valence-electron chi connectivity index (χ0n) is 19.4. The Morgan fingerprint density at radius 2 is 0.735 bits per heavy atom. The predicted molar refractivity (Wildman–Crippen MR) is 127 cm³/mol. The van der Waals surface area contributed by atoms with E-state index in [2.05, 4.69) is 48.6 Å². The van der Waals surface area contributed by atoms with E-state index in [4.69, 9.17) is 9.47 Å². The van der Waals surface area contributed by atoms with E-state index in [1.807, 2.05) is 14.2 Å². The van der Waals surface area contributed by atoms with Gasteiger partial charge in [-0.15, -0.1) is 0 Å². The Morgan fingerprint density at radius 1 is 0.471 bits per heavy atom. The molecule has 0 spiro atoms. The fourth-order valence-electron chi connectivity index (χ4n) is 10.5. The summed E-state index contributed by atoms with van der Waals surface area (Å²) in [4.78, 5) is 0. The zero-order valence-corrected chi connectivity index (χ0v) is 19.4. The molecule has 11 rings (SSSR count). The SMILES string of the molecule is COc1c2c(c(OC)c3c1[C@@H]1C=C[C@H]3[C@@H]3[C@H]1[C@@H]1C=C[C@H]3C1O)[C@@H]1C=C[C@H]2[C@@H]2[C@H]1[C@@H]1C=C[C@H]2C1O. The molecule has 14 atom stereocenters. The van der Waals surface area contributed by atoms with Gasteiger partial charge in [-0.05, 0) is 23.7 Å². The summed E-state index contributed by atoms with van der Waals surface area (Å²) >= 11 is 0. The Kier molecular flexibility index (Phi) is 3.29. The van der Waals surface area contributed by atoms with Gasteiger partial charge < -0.3 is 19.7 Å². The molecule has 2 unspecified atom stereocenters. The first-order valence-corrected chi connectivity index (χ1v) is 13.1. The molecule has 0 aromatic heterocycles. The Labute approximate surface area is 199 Å². The first-order valence-electron chi connectivity index (χ1n) is 13.1. The number of fused-ring (bicyclic) bond motifs is 4. The van der Waals surface area contributed by atoms with Gasteiger partial charge >= 0.3 is 0 Å². The maximum atomic E-state index is 11.1. The fourth-order valence-corrected chi connectivity index (χ4v) is 10.5. The average Bonchev–Trinajstić information content (AvgIpc) is 3.60. The van der Waals surface area contributed by atoms with Crippen LogP contribution in [0.5, 0.6) is 11.5 Å². The third-order valence-corrected chi connectivity index (χ3v) is 11.4. The maximum Gasteiger partial charge on any atom is 0.127 e. The number of methoxy groups -OCH3 is 2. The minimum Gasteiger partial charge on any atom is -0.496 e. The van der Waals surface area contributed by atoms with Crippen molar-refractivity contribution in [3.05, 3.63) is 70.9 Å². The molecule has 0 aliphatic heterocycles. The van der Waals surface area contributed by atoms with Crippen molar-refractivity contribution in [3.8, 4) is 11.5 Å². The van der Waals surface area contributed by atoms with Crippen molar-refractivity contribution >= 4 is 0 Å². The van der Waals surface area contributed by atoms with Crippen molar-refractivity contribution < 1.29 is 19.7 Å². The normalized spacial score (nSPS) is 52.2. The van der Waals surface area contributed by atoms with E-state index in [1.165, 1.54) is 22.3 Å². The largest absolute Gasteiger partial charge is 0.496 e. The van der Waals surface area contributed by atoms with Crippen LogP contribution in [0.1, 0.15) is 45.9 Å². The molecule has 2 N–H and O–H groups in total. The van der Waals surface area contributed by atoms with E-state index < -0.39 is 0 Å². The first kappa shape index (κ1) is 19.0. The van der Waals surface area contributed by atoms with Gasteiger partial charge in [-0.2, -0.15) is 0 Å². The van der Waals surface area contributed by atoms with Crippen molar-refractivity contribution in [3.63, 3.8) is 0 Å². The van der Waals surface area contributed by atoms with Gasteiger partial charge in [-0.3, -0.25) is 0 Å². The highest BCUT2D eigenvalue weighted by Gasteiger charge is 2.64. The molecule has 2 saturated carbocycles. The monoisotopic (exact) mass is 454 g/mol. The number of hydrogen-bond donors (Lipinski definition) is 2. The fraction of sp³-hybridized carbons (Fsp3) is 0.533. The number of allylic oxidation sites excluding steroid dienone is 4. The summed E-state index contributed by atoms with van der Waals surface area (Å²) in [6, 6.07) is 0. The highest BCUT2D eigenvalue weighted by atomic mass is 16.5. The van der Waals surface area contributed by atoms with Crippen LogP contribution >= 0.6 is 0 Å². The molecule has 10 aliphatic carbocycles. The Balaban J connectivity index is 1.32. The van der Waals surface area contributed by atoms with Crippen LogP contribution in [0.15, 0.2) is 48.6 Å². The summed E-state index contributed by atoms with van der Waals surface area (Å²) in [7, 11) is 3.67. The highest BCUT2D eigenvalue weighted by molar-refractivity contribution is 5.71. The predicted octanol–water partition coefficient (Wildman–Crippen LogP) is 4.02. The molecule has 0 amide bonds. The molecular formula is C30H30O4. The number of aliphatic hydroxyl groups excluding tert-OH is 2. The summed E-state index contributed by atoms with van der Waals surface area (Å²) < 4.78 is 12.7. The van der Waals surface area contributed by atoms with Gasteiger partial charge in [-0.25, -0.2) is 0 Å². The van der Waals surface area contributed by atoms with Crippen molar-refractivity contribution in [2.45, 2.75) is 35.9 Å². The van der Waals surface area contributed by atoms with Gasteiger partial charge in [-0.1, -0.05) is 48.6 Å². The molecule has 8 bridgehead atoms. The van der Waals surface area contributed by atoms with Gasteiger partial charge in [0, 0.05) is 69.6 Å². The van der Waals surface area contributed by atoms with E-state index in [0.29, 0.717) is 23.7 Å². The number of ether oxygens (including phenoxy) is 2. The van der Waals surface area contributed by atoms with Crippen molar-refractivity contribution in [2.24, 2.45) is 47.3 Å². The summed E-state index contributed by atoms with van der Waals surface area (Å²) in [6.07, 6.45) is 18.1. The van der Waals surface area contributed by atoms with Crippen LogP contribution in [0.3, 0.4) is 0 Å². The quantitative estimate of drug-likeness (QED) is 0.663. The van der Waals surface area contributed by atoms with Gasteiger partial charge in [0.25, 0.3) is 0 Å². The third-order valence-electron chi connectivity index (χ3n) is 11.4. The molecular weight excluding hydrogens is 424 g/mol. The van der Waals surface area contributed by atoms with Crippen molar-refractivity contribution in [2.75, 3.05) is 14.2 Å². The van der Waals surface area contributed by atoms with Crippen LogP contribution in [0.2, 0.25) is 0 Å². The molecule has 0 saturated heterocycles. The minimum absolute atomic E-state index is 0.235. The van der Waals surface area contributed by atoms with E-state index in [-0.39, 0.29) is 59.6 Å². The molecule has 2 fully saturated rings. The number of aliphatic hydroxyl groups is 2. The second kappa shape index (κ2) is 5.91. The summed E-state index contributed by atoms with van der Waals surface area (Å²) in [6.45, 7) is 0. The van der Waals surface area contributed by atoms with Crippen LogP contribution in [0.4, 0.5) is 0 Å². The van der Waals surface area contributed by atoms with E-state index in [9.17, 15) is 10.2 Å². The lowest BCUT2D eigenvalue weighted by molar-refractivity contribution is 0.126. The van der Waals surface area contributed by atoms with E-state index >= 15 is 0 Å². The summed E-state index contributed by atoms with van der Waals surface area (Å²) in [5, 5.41) is 22.1. The molecule has 0 heterocycles. The number of benzene rings is 1. The first-order chi connectivity index (χ1) is 16.7. The highest BCUT2D eigenvalue weighted by Crippen LogP contribution is 2.72. The Hall–Kier alpha value is -2.30. The Morgan fingerprint density at radius 3 is 0.971 bits per heavy atom. The Bertz CT molecular complexity index is 1090. The standard InChI is InChI=1S/C30H30O4/c1-33-29-23-11-3-5-13(21-17-9-7-15(19(11)21)27(17)31)25(23)30(34-2)26-14-6-4-12(24(26)29)20-16-8-10-18(22(14)20)28(16)32/h3-22,27-28,31-32H,1-2H3/t11-,12+,13+,14-,15+,16-,17-,18+,19-,20+,21+,22-,27?,28?. The van der Waals surface area contributed by atoms with Crippen LogP contribution < -0.4 is 9.47 Å². The van der Waals surface area contributed by atoms with Gasteiger partial charge in [0.1, 0.15) is 11.5 Å². The summed E-state index contributed by atoms with van der Waals surface area (Å²) in [5.74, 6) is 5.78. The van der Waals surface area contributed by atoms with Crippen LogP contribution in [-0.4, -0.2) is 36.6 Å². The van der Waals surface area contributed by atoms with E-state index in [0.717, 1.165) is 11.5 Å². The van der Waals surface area contributed by atoms with Gasteiger partial charge in [0.2, 0.25) is 0 Å².